The molecule has 0 saturated carbocycles. The van der Waals surface area contributed by atoms with Crippen molar-refractivity contribution in [1.29, 1.82) is 0 Å². The fourth-order valence-electron chi connectivity index (χ4n) is 2.68. The molecule has 0 bridgehead atoms. The lowest BCUT2D eigenvalue weighted by Gasteiger charge is -2.35. The molecule has 5 nitrogen and oxygen atoms in total. The molecule has 1 atom stereocenters. The van der Waals surface area contributed by atoms with Crippen molar-refractivity contribution in [1.82, 2.24) is 9.80 Å². The van der Waals surface area contributed by atoms with Crippen molar-refractivity contribution in [3.8, 4) is 0 Å². The number of halogens is 2. The van der Waals surface area contributed by atoms with Crippen LogP contribution in [-0.4, -0.2) is 68.2 Å². The third-order valence-electron chi connectivity index (χ3n) is 4.11. The maximum absolute atomic E-state index is 12.1. The van der Waals surface area contributed by atoms with Gasteiger partial charge in [0.05, 0.1) is 0 Å². The molecule has 0 aromatic heterocycles. The van der Waals surface area contributed by atoms with E-state index >= 15 is 0 Å². The van der Waals surface area contributed by atoms with E-state index in [2.05, 4.69) is 18.7 Å². The van der Waals surface area contributed by atoms with Crippen LogP contribution in [0.1, 0.15) is 26.7 Å². The highest BCUT2D eigenvalue weighted by Crippen LogP contribution is 2.19. The lowest BCUT2D eigenvalue weighted by atomic mass is 9.95. The highest BCUT2D eigenvalue weighted by Gasteiger charge is 2.27. The first-order valence-corrected chi connectivity index (χ1v) is 7.40. The first-order valence-electron chi connectivity index (χ1n) is 7.40. The molecule has 1 amide bonds. The number of nitrogens with two attached hydrogens (primary N) is 1. The Hall–Kier alpha value is -0.0700. The molecule has 1 heterocycles. The van der Waals surface area contributed by atoms with Crippen molar-refractivity contribution in [3.05, 3.63) is 0 Å². The van der Waals surface area contributed by atoms with Crippen molar-refractivity contribution in [2.75, 3.05) is 46.4 Å². The fourth-order valence-corrected chi connectivity index (χ4v) is 2.68. The van der Waals surface area contributed by atoms with Gasteiger partial charge in [0.25, 0.3) is 5.91 Å². The standard InChI is InChI=1S/C14H29N3O2.2ClH/c1-4-16(5-2)11-12-6-8-17(9-7-12)14(18)13(10-15)19-3;;/h12-13H,4-11,15H2,1-3H3;2*1H. The van der Waals surface area contributed by atoms with Crippen LogP contribution in [0.15, 0.2) is 0 Å². The maximum Gasteiger partial charge on any atom is 0.253 e. The van der Waals surface area contributed by atoms with Gasteiger partial charge in [-0.2, -0.15) is 0 Å². The number of nitrogens with zero attached hydrogens (tertiary/aromatic N) is 2. The molecule has 0 radical (unpaired) electrons. The van der Waals surface area contributed by atoms with Gasteiger partial charge in [0.1, 0.15) is 6.10 Å². The third kappa shape index (κ3) is 7.15. The van der Waals surface area contributed by atoms with E-state index in [1.165, 1.54) is 0 Å². The van der Waals surface area contributed by atoms with Crippen molar-refractivity contribution in [2.45, 2.75) is 32.8 Å². The van der Waals surface area contributed by atoms with Gasteiger partial charge in [-0.05, 0) is 31.8 Å². The van der Waals surface area contributed by atoms with Gasteiger partial charge in [0, 0.05) is 33.3 Å². The normalized spacial score (nSPS) is 17.1. The number of methoxy groups -OCH3 is 1. The summed E-state index contributed by atoms with van der Waals surface area (Å²) in [6.07, 6.45) is 1.70. The lowest BCUT2D eigenvalue weighted by molar-refractivity contribution is -0.142. The minimum absolute atomic E-state index is 0. The predicted molar refractivity (Wildman–Crippen MR) is 91.4 cm³/mol. The predicted octanol–water partition coefficient (Wildman–Crippen LogP) is 1.38. The summed E-state index contributed by atoms with van der Waals surface area (Å²) < 4.78 is 5.12. The second-order valence-corrected chi connectivity index (χ2v) is 5.21. The molecule has 1 saturated heterocycles. The van der Waals surface area contributed by atoms with Crippen LogP contribution in [0.4, 0.5) is 0 Å². The van der Waals surface area contributed by atoms with Crippen LogP contribution in [0, 0.1) is 5.92 Å². The Morgan fingerprint density at radius 2 is 1.81 bits per heavy atom. The van der Waals surface area contributed by atoms with Crippen LogP contribution < -0.4 is 5.73 Å². The van der Waals surface area contributed by atoms with Gasteiger partial charge in [-0.25, -0.2) is 0 Å². The van der Waals surface area contributed by atoms with Crippen molar-refractivity contribution in [2.24, 2.45) is 11.7 Å². The van der Waals surface area contributed by atoms with Crippen LogP contribution >= 0.6 is 24.8 Å². The molecule has 1 aliphatic rings. The number of amides is 1. The second kappa shape index (κ2) is 12.5. The molecule has 128 valence electrons. The summed E-state index contributed by atoms with van der Waals surface area (Å²) in [6.45, 7) is 9.70. The first-order chi connectivity index (χ1) is 9.15. The maximum atomic E-state index is 12.1. The van der Waals surface area contributed by atoms with Gasteiger partial charge in [0.2, 0.25) is 0 Å². The smallest absolute Gasteiger partial charge is 0.253 e. The van der Waals surface area contributed by atoms with E-state index in [1.54, 1.807) is 7.11 Å². The van der Waals surface area contributed by atoms with Gasteiger partial charge in [-0.3, -0.25) is 4.79 Å². The number of piperidine rings is 1. The van der Waals surface area contributed by atoms with Gasteiger partial charge in [0.15, 0.2) is 0 Å². The molecule has 0 aromatic rings. The van der Waals surface area contributed by atoms with Crippen LogP contribution in [0.2, 0.25) is 0 Å². The van der Waals surface area contributed by atoms with Crippen LogP contribution in [0.3, 0.4) is 0 Å². The van der Waals surface area contributed by atoms with E-state index in [0.29, 0.717) is 5.92 Å². The number of ether oxygens (including phenoxy) is 1. The van der Waals surface area contributed by atoms with E-state index in [1.807, 2.05) is 4.90 Å². The Kier molecular flexibility index (Phi) is 13.8. The van der Waals surface area contributed by atoms with Gasteiger partial charge < -0.3 is 20.3 Å². The zero-order valence-electron chi connectivity index (χ0n) is 13.4. The number of hydrogen-bond acceptors (Lipinski definition) is 4. The molecular weight excluding hydrogens is 313 g/mol. The molecule has 0 spiro atoms. The Balaban J connectivity index is 0. The van der Waals surface area contributed by atoms with Crippen LogP contribution in [0.5, 0.6) is 0 Å². The highest BCUT2D eigenvalue weighted by atomic mass is 35.5. The average molecular weight is 344 g/mol. The van der Waals surface area contributed by atoms with Crippen LogP contribution in [0.25, 0.3) is 0 Å². The Bertz CT molecular complexity index is 267. The zero-order chi connectivity index (χ0) is 14.3. The number of rotatable bonds is 7. The molecular formula is C14H31Cl2N3O2. The second-order valence-electron chi connectivity index (χ2n) is 5.21. The molecule has 0 aromatic carbocycles. The Morgan fingerprint density at radius 1 is 1.29 bits per heavy atom. The Labute approximate surface area is 141 Å². The largest absolute Gasteiger partial charge is 0.370 e. The summed E-state index contributed by atoms with van der Waals surface area (Å²) in [5.41, 5.74) is 5.54. The van der Waals surface area contributed by atoms with Gasteiger partial charge >= 0.3 is 0 Å². The summed E-state index contributed by atoms with van der Waals surface area (Å²) in [4.78, 5) is 16.5. The first kappa shape index (κ1) is 23.2. The molecule has 7 heteroatoms. The summed E-state index contributed by atoms with van der Waals surface area (Å²) in [6, 6.07) is 0. The molecule has 21 heavy (non-hydrogen) atoms. The molecule has 1 unspecified atom stereocenters. The fraction of sp³-hybridized carbons (Fsp3) is 0.929. The Morgan fingerprint density at radius 3 is 2.19 bits per heavy atom. The quantitative estimate of drug-likeness (QED) is 0.758. The van der Waals surface area contributed by atoms with Crippen molar-refractivity contribution >= 4 is 30.7 Å². The van der Waals surface area contributed by atoms with Gasteiger partial charge in [-0.15, -0.1) is 24.8 Å². The molecule has 1 rings (SSSR count). The summed E-state index contributed by atoms with van der Waals surface area (Å²) in [7, 11) is 1.54. The number of carbonyl (C=O) groups is 1. The minimum atomic E-state index is -0.473. The topological polar surface area (TPSA) is 58.8 Å². The lowest BCUT2D eigenvalue weighted by Crippen LogP contribution is -2.48. The van der Waals surface area contributed by atoms with E-state index in [0.717, 1.165) is 45.6 Å². The van der Waals surface area contributed by atoms with E-state index in [-0.39, 0.29) is 37.3 Å². The van der Waals surface area contributed by atoms with Crippen molar-refractivity contribution in [3.63, 3.8) is 0 Å². The molecule has 1 fully saturated rings. The monoisotopic (exact) mass is 343 g/mol. The van der Waals surface area contributed by atoms with E-state index < -0.39 is 6.10 Å². The summed E-state index contributed by atoms with van der Waals surface area (Å²) in [5, 5.41) is 0. The molecule has 2 N–H and O–H groups in total. The molecule has 1 aliphatic heterocycles. The number of hydrogen-bond donors (Lipinski definition) is 1. The van der Waals surface area contributed by atoms with Crippen LogP contribution in [-0.2, 0) is 9.53 Å². The summed E-state index contributed by atoms with van der Waals surface area (Å²) in [5.74, 6) is 0.758. The summed E-state index contributed by atoms with van der Waals surface area (Å²) >= 11 is 0. The van der Waals surface area contributed by atoms with Crippen molar-refractivity contribution < 1.29 is 9.53 Å². The molecule has 0 aliphatic carbocycles. The number of carbonyl (C=O) groups excluding carboxylic acids is 1. The highest BCUT2D eigenvalue weighted by molar-refractivity contribution is 5.85. The average Bonchev–Trinajstić information content (AvgIpc) is 2.46. The van der Waals surface area contributed by atoms with E-state index in [9.17, 15) is 4.79 Å². The SMILES string of the molecule is CCN(CC)CC1CCN(C(=O)C(CN)OC)CC1.Cl.Cl. The zero-order valence-corrected chi connectivity index (χ0v) is 15.0. The van der Waals surface area contributed by atoms with Gasteiger partial charge in [-0.1, -0.05) is 13.8 Å². The number of likely N-dealkylation sites (tertiary alicyclic amines) is 1. The van der Waals surface area contributed by atoms with E-state index in [4.69, 9.17) is 10.5 Å². The third-order valence-corrected chi connectivity index (χ3v) is 4.11. The minimum Gasteiger partial charge on any atom is -0.370 e.